The van der Waals surface area contributed by atoms with E-state index < -0.39 is 0 Å². The maximum Gasteiger partial charge on any atom is 0.252 e. The van der Waals surface area contributed by atoms with E-state index in [2.05, 4.69) is 20.4 Å². The van der Waals surface area contributed by atoms with Crippen LogP contribution in [0.3, 0.4) is 0 Å². The molecule has 140 valence electrons. The SMILES string of the molecule is Cn1ccnc1C(NC(=O)c1ccc(Cn2cncn2)cc1)c1ccccc1. The highest BCUT2D eigenvalue weighted by atomic mass is 16.1. The van der Waals surface area contributed by atoms with Crippen LogP contribution in [-0.4, -0.2) is 30.2 Å². The number of carbonyl (C=O) groups is 1. The van der Waals surface area contributed by atoms with E-state index in [1.165, 1.54) is 6.33 Å². The van der Waals surface area contributed by atoms with E-state index in [1.807, 2.05) is 72.4 Å². The minimum absolute atomic E-state index is 0.149. The fraction of sp³-hybridized carbons (Fsp3) is 0.143. The van der Waals surface area contributed by atoms with Crippen molar-refractivity contribution in [2.45, 2.75) is 12.6 Å². The smallest absolute Gasteiger partial charge is 0.252 e. The molecule has 7 nitrogen and oxygen atoms in total. The summed E-state index contributed by atoms with van der Waals surface area (Å²) in [5.74, 6) is 0.631. The Bertz CT molecular complexity index is 1040. The van der Waals surface area contributed by atoms with Gasteiger partial charge in [-0.15, -0.1) is 0 Å². The van der Waals surface area contributed by atoms with Crippen molar-refractivity contribution in [3.05, 3.63) is 102 Å². The van der Waals surface area contributed by atoms with Gasteiger partial charge in [0.25, 0.3) is 5.91 Å². The molecule has 0 spiro atoms. The van der Waals surface area contributed by atoms with Gasteiger partial charge in [-0.05, 0) is 23.3 Å². The number of imidazole rings is 1. The predicted molar refractivity (Wildman–Crippen MR) is 105 cm³/mol. The Kier molecular flexibility index (Phi) is 4.97. The molecule has 7 heteroatoms. The molecule has 1 atom stereocenters. The van der Waals surface area contributed by atoms with E-state index in [-0.39, 0.29) is 11.9 Å². The van der Waals surface area contributed by atoms with Gasteiger partial charge in [-0.2, -0.15) is 5.10 Å². The van der Waals surface area contributed by atoms with Gasteiger partial charge in [0.05, 0.1) is 6.54 Å². The fourth-order valence-electron chi connectivity index (χ4n) is 3.08. The van der Waals surface area contributed by atoms with Gasteiger partial charge in [-0.25, -0.2) is 14.6 Å². The number of nitrogens with zero attached hydrogens (tertiary/aromatic N) is 5. The summed E-state index contributed by atoms with van der Waals surface area (Å²) < 4.78 is 3.65. The molecule has 0 fully saturated rings. The Morgan fingerprint density at radius 2 is 1.89 bits per heavy atom. The van der Waals surface area contributed by atoms with Crippen molar-refractivity contribution in [2.75, 3.05) is 0 Å². The Hall–Kier alpha value is -3.74. The first-order valence-electron chi connectivity index (χ1n) is 8.95. The lowest BCUT2D eigenvalue weighted by atomic mass is 10.0. The van der Waals surface area contributed by atoms with Crippen LogP contribution in [0, 0.1) is 0 Å². The van der Waals surface area contributed by atoms with E-state index in [0.717, 1.165) is 17.0 Å². The largest absolute Gasteiger partial charge is 0.338 e. The van der Waals surface area contributed by atoms with Crippen molar-refractivity contribution < 1.29 is 4.79 Å². The van der Waals surface area contributed by atoms with E-state index >= 15 is 0 Å². The third-order valence-electron chi connectivity index (χ3n) is 4.55. The first-order valence-corrected chi connectivity index (χ1v) is 8.95. The molecule has 1 N–H and O–H groups in total. The lowest BCUT2D eigenvalue weighted by Crippen LogP contribution is -2.31. The molecular formula is C21H20N6O. The molecule has 2 heterocycles. The van der Waals surface area contributed by atoms with Gasteiger partial charge in [0.1, 0.15) is 24.5 Å². The number of aryl methyl sites for hydroxylation is 1. The standard InChI is InChI=1S/C21H20N6O/c1-26-12-11-23-20(26)19(17-5-3-2-4-6-17)25-21(28)18-9-7-16(8-10-18)13-27-15-22-14-24-27/h2-12,14-15,19H,13H2,1H3,(H,25,28). The van der Waals surface area contributed by atoms with Crippen molar-refractivity contribution in [1.29, 1.82) is 0 Å². The summed E-state index contributed by atoms with van der Waals surface area (Å²) in [5.41, 5.74) is 2.62. The van der Waals surface area contributed by atoms with Crippen LogP contribution in [0.4, 0.5) is 0 Å². The first kappa shape index (κ1) is 17.7. The van der Waals surface area contributed by atoms with Gasteiger partial charge in [0.15, 0.2) is 0 Å². The zero-order chi connectivity index (χ0) is 19.3. The number of amides is 1. The van der Waals surface area contributed by atoms with E-state index in [1.54, 1.807) is 17.2 Å². The summed E-state index contributed by atoms with van der Waals surface area (Å²) in [4.78, 5) is 21.3. The number of hydrogen-bond acceptors (Lipinski definition) is 4. The molecule has 1 amide bonds. The maximum absolute atomic E-state index is 12.9. The van der Waals surface area contributed by atoms with E-state index in [4.69, 9.17) is 0 Å². The van der Waals surface area contributed by atoms with Crippen LogP contribution in [0.2, 0.25) is 0 Å². The molecular weight excluding hydrogens is 352 g/mol. The molecule has 0 radical (unpaired) electrons. The van der Waals surface area contributed by atoms with Crippen LogP contribution in [0.15, 0.2) is 79.6 Å². The molecule has 0 aliphatic rings. The number of carbonyl (C=O) groups excluding carboxylic acids is 1. The van der Waals surface area contributed by atoms with E-state index in [9.17, 15) is 4.79 Å². The van der Waals surface area contributed by atoms with Crippen LogP contribution in [0.25, 0.3) is 0 Å². The quantitative estimate of drug-likeness (QED) is 0.564. The van der Waals surface area contributed by atoms with Crippen LogP contribution in [0.5, 0.6) is 0 Å². The van der Waals surface area contributed by atoms with Crippen molar-refractivity contribution in [2.24, 2.45) is 7.05 Å². The van der Waals surface area contributed by atoms with Crippen LogP contribution in [0.1, 0.15) is 33.4 Å². The Balaban J connectivity index is 1.54. The van der Waals surface area contributed by atoms with Crippen molar-refractivity contribution in [3.63, 3.8) is 0 Å². The summed E-state index contributed by atoms with van der Waals surface area (Å²) in [6.07, 6.45) is 6.77. The third-order valence-corrected chi connectivity index (χ3v) is 4.55. The van der Waals surface area contributed by atoms with Gasteiger partial charge in [0, 0.05) is 25.0 Å². The normalized spacial score (nSPS) is 11.9. The molecule has 4 aromatic rings. The molecule has 0 saturated heterocycles. The highest BCUT2D eigenvalue weighted by Gasteiger charge is 2.21. The van der Waals surface area contributed by atoms with Crippen molar-refractivity contribution in [1.82, 2.24) is 29.6 Å². The predicted octanol–water partition coefficient (Wildman–Crippen LogP) is 2.58. The summed E-state index contributed by atoms with van der Waals surface area (Å²) >= 11 is 0. The Morgan fingerprint density at radius 3 is 2.54 bits per heavy atom. The highest BCUT2D eigenvalue weighted by Crippen LogP contribution is 2.21. The lowest BCUT2D eigenvalue weighted by Gasteiger charge is -2.19. The summed E-state index contributed by atoms with van der Waals surface area (Å²) in [7, 11) is 1.92. The molecule has 0 aliphatic carbocycles. The Morgan fingerprint density at radius 1 is 1.11 bits per heavy atom. The minimum Gasteiger partial charge on any atom is -0.338 e. The zero-order valence-electron chi connectivity index (χ0n) is 15.4. The van der Waals surface area contributed by atoms with Gasteiger partial charge in [-0.3, -0.25) is 4.79 Å². The number of hydrogen-bond donors (Lipinski definition) is 1. The highest BCUT2D eigenvalue weighted by molar-refractivity contribution is 5.94. The van der Waals surface area contributed by atoms with Gasteiger partial charge in [-0.1, -0.05) is 42.5 Å². The second-order valence-electron chi connectivity index (χ2n) is 6.50. The second kappa shape index (κ2) is 7.87. The third kappa shape index (κ3) is 3.83. The zero-order valence-corrected chi connectivity index (χ0v) is 15.4. The summed E-state index contributed by atoms with van der Waals surface area (Å²) in [6.45, 7) is 0.613. The van der Waals surface area contributed by atoms with Crippen LogP contribution in [-0.2, 0) is 13.6 Å². The monoisotopic (exact) mass is 372 g/mol. The van der Waals surface area contributed by atoms with Gasteiger partial charge >= 0.3 is 0 Å². The average molecular weight is 372 g/mol. The number of benzene rings is 2. The van der Waals surface area contributed by atoms with Gasteiger partial charge < -0.3 is 9.88 Å². The molecule has 0 aliphatic heterocycles. The minimum atomic E-state index is -0.330. The second-order valence-corrected chi connectivity index (χ2v) is 6.50. The fourth-order valence-corrected chi connectivity index (χ4v) is 3.08. The van der Waals surface area contributed by atoms with Crippen molar-refractivity contribution >= 4 is 5.91 Å². The average Bonchev–Trinajstić information content (AvgIpc) is 3.39. The number of nitrogens with one attached hydrogen (secondary N) is 1. The van der Waals surface area contributed by atoms with Gasteiger partial charge in [0.2, 0.25) is 0 Å². The molecule has 0 saturated carbocycles. The first-order chi connectivity index (χ1) is 13.7. The lowest BCUT2D eigenvalue weighted by molar-refractivity contribution is 0.0941. The molecule has 0 bridgehead atoms. The Labute approximate surface area is 162 Å². The van der Waals surface area contributed by atoms with E-state index in [0.29, 0.717) is 12.1 Å². The summed E-state index contributed by atoms with van der Waals surface area (Å²) in [6, 6.07) is 17.0. The molecule has 1 unspecified atom stereocenters. The van der Waals surface area contributed by atoms with Crippen LogP contribution < -0.4 is 5.32 Å². The van der Waals surface area contributed by atoms with Crippen molar-refractivity contribution in [3.8, 4) is 0 Å². The topological polar surface area (TPSA) is 77.6 Å². The maximum atomic E-state index is 12.9. The molecule has 28 heavy (non-hydrogen) atoms. The molecule has 4 rings (SSSR count). The van der Waals surface area contributed by atoms with Crippen LogP contribution >= 0.6 is 0 Å². The summed E-state index contributed by atoms with van der Waals surface area (Å²) in [5, 5.41) is 7.20. The number of aromatic nitrogens is 5. The molecule has 2 aromatic heterocycles. The number of rotatable bonds is 6. The molecule has 2 aromatic carbocycles.